The van der Waals surface area contributed by atoms with Gasteiger partial charge in [-0.3, -0.25) is 10.1 Å². The summed E-state index contributed by atoms with van der Waals surface area (Å²) in [6.45, 7) is 4.16. The predicted octanol–water partition coefficient (Wildman–Crippen LogP) is 1.97. The molecule has 94 valence electrons. The molecule has 0 radical (unpaired) electrons. The van der Waals surface area contributed by atoms with Crippen molar-refractivity contribution in [1.29, 1.82) is 5.41 Å². The van der Waals surface area contributed by atoms with Gasteiger partial charge in [-0.05, 0) is 26.0 Å². The molecule has 5 heteroatoms. The fraction of sp³-hybridized carbons (Fsp3) is 0.231. The van der Waals surface area contributed by atoms with Crippen LogP contribution in [0.25, 0.3) is 0 Å². The van der Waals surface area contributed by atoms with Gasteiger partial charge in [0.15, 0.2) is 0 Å². The topological polar surface area (TPSA) is 67.7 Å². The zero-order valence-electron chi connectivity index (χ0n) is 10.4. The number of hydrogen-bond donors (Lipinski definition) is 2. The quantitative estimate of drug-likeness (QED) is 0.642. The molecule has 0 atom stereocenters. The van der Waals surface area contributed by atoms with Crippen LogP contribution in [0.1, 0.15) is 22.5 Å². The number of halogens is 1. The molecule has 3 N–H and O–H groups in total. The Labute approximate surface area is 105 Å². The summed E-state index contributed by atoms with van der Waals surface area (Å²) < 4.78 is 15.8. The van der Waals surface area contributed by atoms with Crippen LogP contribution in [0.15, 0.2) is 24.3 Å². The average molecular weight is 246 g/mol. The highest BCUT2D eigenvalue weighted by atomic mass is 19.1. The Morgan fingerprint density at radius 2 is 2.17 bits per heavy atom. The number of nitrogens with zero attached hydrogens (tertiary/aromatic N) is 2. The molecular formula is C13H15FN4. The highest BCUT2D eigenvalue weighted by Crippen LogP contribution is 2.15. The molecule has 0 spiro atoms. The summed E-state index contributed by atoms with van der Waals surface area (Å²) in [6.07, 6.45) is 0. The van der Waals surface area contributed by atoms with Crippen molar-refractivity contribution in [2.75, 3.05) is 0 Å². The Morgan fingerprint density at radius 3 is 2.72 bits per heavy atom. The Kier molecular flexibility index (Phi) is 3.14. The molecule has 1 heterocycles. The minimum absolute atomic E-state index is 0.133. The van der Waals surface area contributed by atoms with E-state index in [0.717, 1.165) is 11.4 Å². The van der Waals surface area contributed by atoms with Crippen LogP contribution in [0, 0.1) is 25.1 Å². The highest BCUT2D eigenvalue weighted by molar-refractivity contribution is 5.95. The summed E-state index contributed by atoms with van der Waals surface area (Å²) >= 11 is 0. The van der Waals surface area contributed by atoms with Crippen LogP contribution in [-0.2, 0) is 6.54 Å². The lowest BCUT2D eigenvalue weighted by Gasteiger charge is -2.08. The molecule has 0 aliphatic rings. The monoisotopic (exact) mass is 246 g/mol. The zero-order valence-corrected chi connectivity index (χ0v) is 10.4. The number of aromatic nitrogens is 2. The SMILES string of the molecule is Cc1cc(C)n(Cc2cccc(C(=N)N)c2F)n1. The summed E-state index contributed by atoms with van der Waals surface area (Å²) in [5.74, 6) is -0.708. The molecular weight excluding hydrogens is 231 g/mol. The van der Waals surface area contributed by atoms with Gasteiger partial charge in [-0.15, -0.1) is 0 Å². The van der Waals surface area contributed by atoms with Crippen molar-refractivity contribution < 1.29 is 4.39 Å². The molecule has 0 aliphatic heterocycles. The number of hydrogen-bond acceptors (Lipinski definition) is 2. The average Bonchev–Trinajstić information content (AvgIpc) is 2.60. The van der Waals surface area contributed by atoms with E-state index in [4.69, 9.17) is 11.1 Å². The van der Waals surface area contributed by atoms with Gasteiger partial charge < -0.3 is 5.73 Å². The van der Waals surface area contributed by atoms with E-state index in [9.17, 15) is 4.39 Å². The van der Waals surface area contributed by atoms with Crippen molar-refractivity contribution >= 4 is 5.84 Å². The van der Waals surface area contributed by atoms with Gasteiger partial charge >= 0.3 is 0 Å². The third kappa shape index (κ3) is 2.25. The van der Waals surface area contributed by atoms with Crippen LogP contribution < -0.4 is 5.73 Å². The standard InChI is InChI=1S/C13H15FN4/c1-8-6-9(2)18(17-8)7-10-4-3-5-11(12(10)14)13(15)16/h3-6H,7H2,1-2H3,(H3,15,16). The smallest absolute Gasteiger partial charge is 0.139 e. The third-order valence-electron chi connectivity index (χ3n) is 2.79. The Hall–Kier alpha value is -2.17. The number of benzene rings is 1. The summed E-state index contributed by atoms with van der Waals surface area (Å²) in [7, 11) is 0. The number of amidine groups is 1. The number of nitrogens with one attached hydrogen (secondary N) is 1. The largest absolute Gasteiger partial charge is 0.384 e. The van der Waals surface area contributed by atoms with Gasteiger partial charge in [-0.2, -0.15) is 5.10 Å². The third-order valence-corrected chi connectivity index (χ3v) is 2.79. The van der Waals surface area contributed by atoms with Crippen LogP contribution >= 0.6 is 0 Å². The lowest BCUT2D eigenvalue weighted by molar-refractivity contribution is 0.577. The molecule has 0 aliphatic carbocycles. The maximum absolute atomic E-state index is 14.1. The van der Waals surface area contributed by atoms with Gasteiger partial charge in [-0.1, -0.05) is 12.1 Å². The number of nitrogens with two attached hydrogens (primary N) is 1. The van der Waals surface area contributed by atoms with Crippen molar-refractivity contribution in [2.24, 2.45) is 5.73 Å². The van der Waals surface area contributed by atoms with E-state index in [1.165, 1.54) is 6.07 Å². The molecule has 0 unspecified atom stereocenters. The van der Waals surface area contributed by atoms with Gasteiger partial charge in [0, 0.05) is 11.3 Å². The Morgan fingerprint density at radius 1 is 1.44 bits per heavy atom. The Bertz CT molecular complexity index is 601. The summed E-state index contributed by atoms with van der Waals surface area (Å²) in [5, 5.41) is 11.6. The van der Waals surface area contributed by atoms with Gasteiger partial charge in [0.2, 0.25) is 0 Å². The van der Waals surface area contributed by atoms with E-state index >= 15 is 0 Å². The summed E-state index contributed by atoms with van der Waals surface area (Å²) in [6, 6.07) is 6.81. The first kappa shape index (κ1) is 12.3. The molecule has 2 rings (SSSR count). The molecule has 0 fully saturated rings. The predicted molar refractivity (Wildman–Crippen MR) is 68.2 cm³/mol. The van der Waals surface area contributed by atoms with Crippen LogP contribution in [0.4, 0.5) is 4.39 Å². The van der Waals surface area contributed by atoms with E-state index < -0.39 is 5.82 Å². The first-order valence-electron chi connectivity index (χ1n) is 5.62. The van der Waals surface area contributed by atoms with E-state index in [1.807, 2.05) is 19.9 Å². The fourth-order valence-electron chi connectivity index (χ4n) is 1.91. The van der Waals surface area contributed by atoms with Crippen LogP contribution in [0.2, 0.25) is 0 Å². The van der Waals surface area contributed by atoms with Gasteiger partial charge in [0.25, 0.3) is 0 Å². The van der Waals surface area contributed by atoms with Gasteiger partial charge in [0.1, 0.15) is 11.7 Å². The van der Waals surface area contributed by atoms with E-state index in [0.29, 0.717) is 12.1 Å². The van der Waals surface area contributed by atoms with Crippen molar-refractivity contribution in [3.8, 4) is 0 Å². The van der Waals surface area contributed by atoms with Gasteiger partial charge in [0.05, 0.1) is 17.8 Å². The van der Waals surface area contributed by atoms with E-state index in [2.05, 4.69) is 5.10 Å². The molecule has 4 nitrogen and oxygen atoms in total. The molecule has 0 saturated carbocycles. The maximum atomic E-state index is 14.1. The van der Waals surface area contributed by atoms with Crippen molar-refractivity contribution in [3.05, 3.63) is 52.6 Å². The van der Waals surface area contributed by atoms with Gasteiger partial charge in [-0.25, -0.2) is 4.39 Å². The molecule has 1 aromatic heterocycles. The molecule has 1 aromatic carbocycles. The molecule has 18 heavy (non-hydrogen) atoms. The lowest BCUT2D eigenvalue weighted by Crippen LogP contribution is -2.15. The molecule has 0 saturated heterocycles. The first-order chi connectivity index (χ1) is 8.49. The minimum atomic E-state index is -0.447. The first-order valence-corrected chi connectivity index (χ1v) is 5.62. The van der Waals surface area contributed by atoms with E-state index in [-0.39, 0.29) is 11.4 Å². The number of nitrogen functional groups attached to an aromatic ring is 1. The Balaban J connectivity index is 2.38. The highest BCUT2D eigenvalue weighted by Gasteiger charge is 2.11. The summed E-state index contributed by atoms with van der Waals surface area (Å²) in [5.41, 5.74) is 7.82. The van der Waals surface area contributed by atoms with Crippen molar-refractivity contribution in [1.82, 2.24) is 9.78 Å². The second-order valence-electron chi connectivity index (χ2n) is 4.28. The van der Waals surface area contributed by atoms with Crippen LogP contribution in [-0.4, -0.2) is 15.6 Å². The minimum Gasteiger partial charge on any atom is -0.384 e. The number of aryl methyl sites for hydroxylation is 2. The second kappa shape index (κ2) is 4.60. The lowest BCUT2D eigenvalue weighted by atomic mass is 10.1. The van der Waals surface area contributed by atoms with Crippen LogP contribution in [0.3, 0.4) is 0 Å². The second-order valence-corrected chi connectivity index (χ2v) is 4.28. The molecule has 2 aromatic rings. The molecule has 0 bridgehead atoms. The summed E-state index contributed by atoms with van der Waals surface area (Å²) in [4.78, 5) is 0. The van der Waals surface area contributed by atoms with Crippen molar-refractivity contribution in [3.63, 3.8) is 0 Å². The maximum Gasteiger partial charge on any atom is 0.139 e. The zero-order chi connectivity index (χ0) is 13.3. The van der Waals surface area contributed by atoms with E-state index in [1.54, 1.807) is 16.8 Å². The van der Waals surface area contributed by atoms with Crippen molar-refractivity contribution in [2.45, 2.75) is 20.4 Å². The fourth-order valence-corrected chi connectivity index (χ4v) is 1.91. The van der Waals surface area contributed by atoms with Crippen LogP contribution in [0.5, 0.6) is 0 Å². The normalized spacial score (nSPS) is 10.6. The number of rotatable bonds is 3. The molecule has 0 amide bonds.